The topological polar surface area (TPSA) is 33.5 Å². The van der Waals surface area contributed by atoms with Crippen LogP contribution in [0.1, 0.15) is 130 Å². The van der Waals surface area contributed by atoms with E-state index >= 15 is 0 Å². The normalized spacial score (nSPS) is 13.9. The van der Waals surface area contributed by atoms with Crippen molar-refractivity contribution >= 4 is 33.2 Å². The Hall–Kier alpha value is -5.12. The van der Waals surface area contributed by atoms with E-state index in [9.17, 15) is 0 Å². The first-order valence-electron chi connectivity index (χ1n) is 22.0. The van der Waals surface area contributed by atoms with Crippen LogP contribution in [0.2, 0.25) is 0 Å². The van der Waals surface area contributed by atoms with E-state index in [-0.39, 0.29) is 48.1 Å². The molecule has 0 atom stereocenters. The fourth-order valence-corrected chi connectivity index (χ4v) is 8.20. The SMILES string of the molecule is CC(C)(C)c1cc(Oc2[c-]c3c(cc2)c2cc(C(C)(C)C)ccc2n3-c2cc(C(C)(C)C)ccn2)[c-]c(N2C=CN(c3cc(C(C)(C)C)cc(C(C)(C)c4ccccc4)c3)[CH-]2)c1.[Pt]. The molecule has 63 heavy (non-hydrogen) atoms. The molecule has 2 aromatic heterocycles. The van der Waals surface area contributed by atoms with Crippen LogP contribution >= 0.6 is 0 Å². The number of benzene rings is 5. The van der Waals surface area contributed by atoms with Crippen molar-refractivity contribution in [1.29, 1.82) is 0 Å². The standard InChI is InChI=1S/C57H63N4O.Pt/c1-53(2,3)39-20-23-50-49(33-39)48-22-21-46(36-51(48)61(50)52-34-40(24-25-58-52)54(4,5)6)62-47-32-42(56(10,11)12)30-45(35-47)60-27-26-59(37-60)44-29-41(55(7,8)9)28-43(31-44)57(13,14)38-18-16-15-17-19-38;/h15-34,37H,1-14H3;/q-3;. The molecule has 6 heteroatoms. The third kappa shape index (κ3) is 9.28. The second-order valence-corrected chi connectivity index (χ2v) is 21.8. The Balaban J connectivity index is 0.00000595. The number of hydrogen-bond donors (Lipinski definition) is 0. The molecule has 7 aromatic rings. The zero-order valence-electron chi connectivity index (χ0n) is 39.6. The van der Waals surface area contributed by atoms with Gasteiger partial charge in [0, 0.05) is 55.4 Å². The van der Waals surface area contributed by atoms with E-state index in [0.29, 0.717) is 11.5 Å². The number of pyridine rings is 1. The van der Waals surface area contributed by atoms with E-state index < -0.39 is 0 Å². The maximum atomic E-state index is 6.80. The summed E-state index contributed by atoms with van der Waals surface area (Å²) in [5.41, 5.74) is 11.2. The molecule has 1 aliphatic heterocycles. The molecule has 0 unspecified atom stereocenters. The third-order valence-corrected chi connectivity index (χ3v) is 12.5. The van der Waals surface area contributed by atoms with Crippen LogP contribution in [0.5, 0.6) is 11.5 Å². The molecule has 0 fully saturated rings. The van der Waals surface area contributed by atoms with Crippen molar-refractivity contribution in [3.05, 3.63) is 174 Å². The minimum atomic E-state index is -0.182. The average Bonchev–Trinajstić information content (AvgIpc) is 3.83. The Morgan fingerprint density at radius 2 is 1.13 bits per heavy atom. The fourth-order valence-electron chi connectivity index (χ4n) is 8.20. The maximum absolute atomic E-state index is 6.80. The van der Waals surface area contributed by atoms with E-state index in [1.807, 2.05) is 12.3 Å². The summed E-state index contributed by atoms with van der Waals surface area (Å²) >= 11 is 0. The molecule has 0 aliphatic carbocycles. The van der Waals surface area contributed by atoms with Gasteiger partial charge < -0.3 is 19.1 Å². The molecule has 0 N–H and O–H groups in total. The largest absolute Gasteiger partial charge is 0.509 e. The Morgan fingerprint density at radius 1 is 0.508 bits per heavy atom. The maximum Gasteiger partial charge on any atom is 0.135 e. The summed E-state index contributed by atoms with van der Waals surface area (Å²) in [5, 5.41) is 2.28. The van der Waals surface area contributed by atoms with Crippen molar-refractivity contribution < 1.29 is 25.8 Å². The number of ether oxygens (including phenoxy) is 1. The molecule has 0 saturated carbocycles. The Morgan fingerprint density at radius 3 is 1.79 bits per heavy atom. The van der Waals surface area contributed by atoms with Crippen molar-refractivity contribution in [1.82, 2.24) is 9.55 Å². The second kappa shape index (κ2) is 16.5. The van der Waals surface area contributed by atoms with Gasteiger partial charge in [-0.05, 0) is 97.6 Å². The molecule has 8 rings (SSSR count). The zero-order valence-corrected chi connectivity index (χ0v) is 41.9. The van der Waals surface area contributed by atoms with Crippen LogP contribution in [-0.2, 0) is 48.1 Å². The molecule has 0 bridgehead atoms. The van der Waals surface area contributed by atoms with Gasteiger partial charge in [-0.15, -0.1) is 53.6 Å². The molecular formula is C57H63N4OPt-3. The number of anilines is 2. The summed E-state index contributed by atoms with van der Waals surface area (Å²) in [7, 11) is 0. The van der Waals surface area contributed by atoms with Crippen LogP contribution in [0.4, 0.5) is 11.4 Å². The summed E-state index contributed by atoms with van der Waals surface area (Å²) in [6, 6.07) is 44.8. The van der Waals surface area contributed by atoms with Crippen molar-refractivity contribution in [3.8, 4) is 17.3 Å². The monoisotopic (exact) mass is 1010 g/mol. The second-order valence-electron chi connectivity index (χ2n) is 21.8. The quantitative estimate of drug-likeness (QED) is 0.149. The van der Waals surface area contributed by atoms with Crippen LogP contribution in [-0.4, -0.2) is 9.55 Å². The third-order valence-electron chi connectivity index (χ3n) is 12.5. The number of nitrogens with zero attached hydrogens (tertiary/aromatic N) is 4. The van der Waals surface area contributed by atoms with E-state index in [0.717, 1.165) is 39.2 Å². The van der Waals surface area contributed by atoms with Crippen LogP contribution in [0.3, 0.4) is 0 Å². The fraction of sp³-hybridized carbons (Fsp3) is 0.333. The van der Waals surface area contributed by atoms with Crippen LogP contribution < -0.4 is 14.5 Å². The first-order valence-corrected chi connectivity index (χ1v) is 22.0. The minimum Gasteiger partial charge on any atom is -0.509 e. The molecule has 0 radical (unpaired) electrons. The first kappa shape index (κ1) is 45.9. The van der Waals surface area contributed by atoms with Crippen molar-refractivity contribution in [2.24, 2.45) is 0 Å². The summed E-state index contributed by atoms with van der Waals surface area (Å²) < 4.78 is 9.04. The molecule has 0 amide bonds. The van der Waals surface area contributed by atoms with Gasteiger partial charge in [0.25, 0.3) is 0 Å². The van der Waals surface area contributed by atoms with E-state index in [1.165, 1.54) is 33.2 Å². The Bertz CT molecular complexity index is 2820. The molecule has 0 spiro atoms. The van der Waals surface area contributed by atoms with E-state index in [1.54, 1.807) is 0 Å². The number of rotatable bonds is 7. The predicted octanol–water partition coefficient (Wildman–Crippen LogP) is 15.0. The Labute approximate surface area is 391 Å². The van der Waals surface area contributed by atoms with Gasteiger partial charge in [-0.3, -0.25) is 0 Å². The predicted molar refractivity (Wildman–Crippen MR) is 261 cm³/mol. The number of fused-ring (bicyclic) bond motifs is 3. The van der Waals surface area contributed by atoms with Gasteiger partial charge in [0.05, 0.1) is 0 Å². The first-order chi connectivity index (χ1) is 29.0. The van der Waals surface area contributed by atoms with Crippen LogP contribution in [0.25, 0.3) is 27.6 Å². The molecule has 5 aromatic carbocycles. The van der Waals surface area contributed by atoms with Crippen molar-refractivity contribution in [2.45, 2.75) is 124 Å². The minimum absolute atomic E-state index is 0. The van der Waals surface area contributed by atoms with Crippen molar-refractivity contribution in [3.63, 3.8) is 0 Å². The van der Waals surface area contributed by atoms with Gasteiger partial charge in [-0.2, -0.15) is 6.07 Å². The van der Waals surface area contributed by atoms with Gasteiger partial charge in [-0.1, -0.05) is 151 Å². The molecule has 330 valence electrons. The van der Waals surface area contributed by atoms with Gasteiger partial charge in [0.1, 0.15) is 5.82 Å². The average molecular weight is 1020 g/mol. The molecular weight excluding hydrogens is 952 g/mol. The van der Waals surface area contributed by atoms with Crippen LogP contribution in [0.15, 0.2) is 122 Å². The van der Waals surface area contributed by atoms with E-state index in [4.69, 9.17) is 9.72 Å². The molecule has 3 heterocycles. The summed E-state index contributed by atoms with van der Waals surface area (Å²) in [4.78, 5) is 9.28. The molecule has 1 aliphatic rings. The number of aromatic nitrogens is 2. The van der Waals surface area contributed by atoms with E-state index in [2.05, 4.69) is 240 Å². The molecule has 0 saturated heterocycles. The zero-order chi connectivity index (χ0) is 44.6. The van der Waals surface area contributed by atoms with Gasteiger partial charge in [0.2, 0.25) is 0 Å². The van der Waals surface area contributed by atoms with Crippen LogP contribution in [0, 0.1) is 18.8 Å². The van der Waals surface area contributed by atoms with Crippen molar-refractivity contribution in [2.75, 3.05) is 9.80 Å². The van der Waals surface area contributed by atoms with Gasteiger partial charge in [-0.25, -0.2) is 4.98 Å². The summed E-state index contributed by atoms with van der Waals surface area (Å²) in [5.74, 6) is 2.12. The summed E-state index contributed by atoms with van der Waals surface area (Å²) in [6.45, 7) is 33.8. The Kier molecular flexibility index (Phi) is 12.0. The van der Waals surface area contributed by atoms with Gasteiger partial charge >= 0.3 is 0 Å². The smallest absolute Gasteiger partial charge is 0.135 e. The molecule has 5 nitrogen and oxygen atoms in total. The number of hydrogen-bond acceptors (Lipinski definition) is 4. The summed E-state index contributed by atoms with van der Waals surface area (Å²) in [6.07, 6.45) is 6.16. The van der Waals surface area contributed by atoms with Gasteiger partial charge in [0.15, 0.2) is 0 Å².